The van der Waals surface area contributed by atoms with Crippen molar-refractivity contribution in [2.24, 2.45) is 11.8 Å². The maximum atomic E-state index is 12.1. The van der Waals surface area contributed by atoms with Crippen molar-refractivity contribution in [2.45, 2.75) is 89.8 Å². The number of aliphatic carboxylic acids is 1. The van der Waals surface area contributed by atoms with Crippen molar-refractivity contribution >= 4 is 11.8 Å². The van der Waals surface area contributed by atoms with Crippen LogP contribution in [0.4, 0.5) is 0 Å². The van der Waals surface area contributed by atoms with E-state index in [9.17, 15) is 19.8 Å². The Morgan fingerprint density at radius 3 is 2.60 bits per heavy atom. The van der Waals surface area contributed by atoms with Crippen LogP contribution in [0.25, 0.3) is 0 Å². The van der Waals surface area contributed by atoms with Crippen molar-refractivity contribution in [3.8, 4) is 0 Å². The summed E-state index contributed by atoms with van der Waals surface area (Å²) >= 11 is 0. The summed E-state index contributed by atoms with van der Waals surface area (Å²) in [4.78, 5) is 22.6. The van der Waals surface area contributed by atoms with Crippen LogP contribution in [-0.2, 0) is 9.59 Å². The molecule has 5 heteroatoms. The molecule has 4 atom stereocenters. The minimum Gasteiger partial charge on any atom is -0.481 e. The number of rotatable bonds is 13. The quantitative estimate of drug-likeness (QED) is 0.348. The largest absolute Gasteiger partial charge is 0.481 e. The zero-order valence-electron chi connectivity index (χ0n) is 15.4. The van der Waals surface area contributed by atoms with Gasteiger partial charge in [-0.25, -0.2) is 0 Å². The van der Waals surface area contributed by atoms with Gasteiger partial charge in [-0.3, -0.25) is 9.59 Å². The predicted molar refractivity (Wildman–Crippen MR) is 97.2 cm³/mol. The zero-order valence-corrected chi connectivity index (χ0v) is 15.4. The average Bonchev–Trinajstić information content (AvgIpc) is 2.82. The fraction of sp³-hybridized carbons (Fsp3) is 0.800. The molecule has 0 aliphatic heterocycles. The first-order valence-corrected chi connectivity index (χ1v) is 9.74. The van der Waals surface area contributed by atoms with Crippen LogP contribution in [0.5, 0.6) is 0 Å². The second kappa shape index (κ2) is 12.2. The summed E-state index contributed by atoms with van der Waals surface area (Å²) < 4.78 is 0. The summed E-state index contributed by atoms with van der Waals surface area (Å²) in [6.07, 6.45) is 10.7. The Hall–Kier alpha value is -1.20. The molecule has 1 aliphatic rings. The molecule has 3 N–H and O–H groups in total. The third-order valence-electron chi connectivity index (χ3n) is 5.05. The molecule has 0 spiro atoms. The van der Waals surface area contributed by atoms with Crippen molar-refractivity contribution in [3.05, 3.63) is 12.2 Å². The number of carbonyl (C=O) groups excluding carboxylic acids is 1. The van der Waals surface area contributed by atoms with E-state index >= 15 is 0 Å². The summed E-state index contributed by atoms with van der Waals surface area (Å²) in [6, 6.07) is 0. The van der Waals surface area contributed by atoms with Crippen molar-refractivity contribution < 1.29 is 24.9 Å². The van der Waals surface area contributed by atoms with Gasteiger partial charge in [-0.2, -0.15) is 0 Å². The summed E-state index contributed by atoms with van der Waals surface area (Å²) in [5, 5.41) is 28.7. The van der Waals surface area contributed by atoms with E-state index in [2.05, 4.69) is 6.92 Å². The predicted octanol–water partition coefficient (Wildman–Crippen LogP) is 3.48. The Morgan fingerprint density at radius 1 is 1.20 bits per heavy atom. The monoisotopic (exact) mass is 354 g/mol. The van der Waals surface area contributed by atoms with Crippen molar-refractivity contribution in [1.82, 2.24) is 0 Å². The highest BCUT2D eigenvalue weighted by Gasteiger charge is 2.39. The molecule has 0 radical (unpaired) electrons. The molecule has 1 aliphatic carbocycles. The van der Waals surface area contributed by atoms with E-state index in [1.54, 1.807) is 6.08 Å². The van der Waals surface area contributed by atoms with Gasteiger partial charge in [0.15, 0.2) is 0 Å². The fourth-order valence-electron chi connectivity index (χ4n) is 3.54. The van der Waals surface area contributed by atoms with Gasteiger partial charge in [0.05, 0.1) is 12.2 Å². The van der Waals surface area contributed by atoms with Crippen LogP contribution in [0.15, 0.2) is 12.2 Å². The van der Waals surface area contributed by atoms with Crippen molar-refractivity contribution in [1.29, 1.82) is 0 Å². The van der Waals surface area contributed by atoms with Crippen molar-refractivity contribution in [3.63, 3.8) is 0 Å². The Labute approximate surface area is 151 Å². The van der Waals surface area contributed by atoms with E-state index in [1.807, 2.05) is 6.08 Å². The zero-order chi connectivity index (χ0) is 18.7. The van der Waals surface area contributed by atoms with Gasteiger partial charge < -0.3 is 15.3 Å². The number of carbonyl (C=O) groups is 2. The molecule has 0 unspecified atom stereocenters. The second-order valence-corrected chi connectivity index (χ2v) is 7.22. The standard InChI is InChI=1S/C20H34O5/c1-2-3-6-9-15(21)12-13-17-16(18(22)14-19(17)23)10-7-4-5-8-11-20(24)25/h12-13,15-17,19,21,23H,2-11,14H2,1H3,(H,24,25)/t15-,16-,17-,19-/m1/s1. The molecule has 0 aromatic carbocycles. The number of hydrogen-bond donors (Lipinski definition) is 3. The molecular weight excluding hydrogens is 320 g/mol. The summed E-state index contributed by atoms with van der Waals surface area (Å²) in [5.41, 5.74) is 0. The molecule has 0 aromatic heterocycles. The normalized spacial score (nSPS) is 24.9. The van der Waals surface area contributed by atoms with Gasteiger partial charge in [0.25, 0.3) is 0 Å². The van der Waals surface area contributed by atoms with Gasteiger partial charge >= 0.3 is 5.97 Å². The Morgan fingerprint density at radius 2 is 1.92 bits per heavy atom. The van der Waals surface area contributed by atoms with Crippen LogP contribution >= 0.6 is 0 Å². The molecule has 5 nitrogen and oxygen atoms in total. The number of hydrogen-bond acceptors (Lipinski definition) is 4. The topological polar surface area (TPSA) is 94.8 Å². The molecule has 0 bridgehead atoms. The third kappa shape index (κ3) is 8.63. The van der Waals surface area contributed by atoms with E-state index in [0.717, 1.165) is 51.4 Å². The van der Waals surface area contributed by atoms with E-state index in [-0.39, 0.29) is 30.5 Å². The number of Topliss-reactive ketones (excluding diaryl/α,β-unsaturated/α-hetero) is 1. The molecular formula is C20H34O5. The summed E-state index contributed by atoms with van der Waals surface area (Å²) in [5.74, 6) is -1.04. The average molecular weight is 354 g/mol. The highest BCUT2D eigenvalue weighted by Crippen LogP contribution is 2.34. The maximum absolute atomic E-state index is 12.1. The lowest BCUT2D eigenvalue weighted by atomic mass is 9.88. The smallest absolute Gasteiger partial charge is 0.303 e. The highest BCUT2D eigenvalue weighted by molar-refractivity contribution is 5.84. The van der Waals surface area contributed by atoms with E-state index in [1.165, 1.54) is 0 Å². The lowest BCUT2D eigenvalue weighted by Gasteiger charge is -2.18. The van der Waals surface area contributed by atoms with Crippen LogP contribution in [0.2, 0.25) is 0 Å². The minimum atomic E-state index is -0.767. The Kier molecular flexibility index (Phi) is 10.7. The summed E-state index contributed by atoms with van der Waals surface area (Å²) in [7, 11) is 0. The van der Waals surface area contributed by atoms with Crippen LogP contribution in [0.3, 0.4) is 0 Å². The molecule has 1 saturated carbocycles. The molecule has 1 fully saturated rings. The van der Waals surface area contributed by atoms with Gasteiger partial charge in [-0.05, 0) is 19.3 Å². The minimum absolute atomic E-state index is 0.105. The molecule has 0 aromatic rings. The first-order valence-electron chi connectivity index (χ1n) is 9.74. The fourth-order valence-corrected chi connectivity index (χ4v) is 3.54. The van der Waals surface area contributed by atoms with Crippen LogP contribution in [0, 0.1) is 11.8 Å². The molecule has 0 amide bonds. The van der Waals surface area contributed by atoms with Crippen molar-refractivity contribution in [2.75, 3.05) is 0 Å². The van der Waals surface area contributed by atoms with Crippen LogP contribution < -0.4 is 0 Å². The number of aliphatic hydroxyl groups is 2. The lowest BCUT2D eigenvalue weighted by molar-refractivity contribution is -0.137. The number of carboxylic acids is 1. The van der Waals surface area contributed by atoms with E-state index < -0.39 is 18.2 Å². The number of aliphatic hydroxyl groups excluding tert-OH is 2. The van der Waals surface area contributed by atoms with Crippen LogP contribution in [-0.4, -0.2) is 39.3 Å². The SMILES string of the molecule is CCCCC[C@@H](O)C=C[C@H]1[C@H](O)CC(=O)[C@@H]1CCCCCCC(=O)O. The van der Waals surface area contributed by atoms with Crippen LogP contribution in [0.1, 0.15) is 77.6 Å². The molecule has 25 heavy (non-hydrogen) atoms. The Bertz CT molecular complexity index is 432. The molecule has 1 rings (SSSR count). The van der Waals surface area contributed by atoms with Gasteiger partial charge in [-0.15, -0.1) is 0 Å². The van der Waals surface area contributed by atoms with Gasteiger partial charge in [0.2, 0.25) is 0 Å². The van der Waals surface area contributed by atoms with Gasteiger partial charge in [-0.1, -0.05) is 57.6 Å². The third-order valence-corrected chi connectivity index (χ3v) is 5.05. The molecule has 0 heterocycles. The number of ketones is 1. The lowest BCUT2D eigenvalue weighted by Crippen LogP contribution is -2.19. The highest BCUT2D eigenvalue weighted by atomic mass is 16.4. The van der Waals surface area contributed by atoms with Gasteiger partial charge in [0, 0.05) is 24.7 Å². The molecule has 0 saturated heterocycles. The molecule has 144 valence electrons. The number of carboxylic acid groups (broad SMARTS) is 1. The van der Waals surface area contributed by atoms with E-state index in [0.29, 0.717) is 6.42 Å². The second-order valence-electron chi connectivity index (χ2n) is 7.22. The number of unbranched alkanes of at least 4 members (excludes halogenated alkanes) is 5. The first kappa shape index (κ1) is 21.8. The Balaban J connectivity index is 2.39. The summed E-state index contributed by atoms with van der Waals surface area (Å²) in [6.45, 7) is 2.12. The first-order chi connectivity index (χ1) is 12.0. The maximum Gasteiger partial charge on any atom is 0.303 e. The van der Waals surface area contributed by atoms with E-state index in [4.69, 9.17) is 5.11 Å². The van der Waals surface area contributed by atoms with Gasteiger partial charge in [0.1, 0.15) is 5.78 Å².